The van der Waals surface area contributed by atoms with Crippen LogP contribution in [0.25, 0.3) is 0 Å². The Kier molecular flexibility index (Phi) is 5.25. The molecule has 0 radical (unpaired) electrons. The highest BCUT2D eigenvalue weighted by atomic mass is 32.2. The number of methoxy groups -OCH3 is 1. The monoisotopic (exact) mass is 411 g/mol. The number of aliphatic imine (C=N–C) groups is 1. The highest BCUT2D eigenvalue weighted by Gasteiger charge is 2.41. The quantitative estimate of drug-likeness (QED) is 0.748. The van der Waals surface area contributed by atoms with E-state index in [0.717, 1.165) is 40.4 Å². The molecular formula is C22H25N3O3S. The molecule has 6 nitrogen and oxygen atoms in total. The predicted molar refractivity (Wildman–Crippen MR) is 114 cm³/mol. The zero-order valence-corrected chi connectivity index (χ0v) is 17.9. The van der Waals surface area contributed by atoms with Gasteiger partial charge in [0.05, 0.1) is 30.8 Å². The second-order valence-corrected chi connectivity index (χ2v) is 8.60. The number of thioether (sulfide) groups is 1. The minimum atomic E-state index is -0.394. The fourth-order valence-corrected chi connectivity index (χ4v) is 4.80. The maximum atomic E-state index is 12.7. The number of aryl methyl sites for hydroxylation is 2. The van der Waals surface area contributed by atoms with Crippen LogP contribution in [-0.2, 0) is 14.3 Å². The Morgan fingerprint density at radius 2 is 2.03 bits per heavy atom. The Balaban J connectivity index is 1.75. The Labute approximate surface area is 175 Å². The van der Waals surface area contributed by atoms with Gasteiger partial charge in [-0.05, 0) is 50.1 Å². The van der Waals surface area contributed by atoms with E-state index in [4.69, 9.17) is 4.74 Å². The van der Waals surface area contributed by atoms with Crippen LogP contribution in [0.4, 0.5) is 0 Å². The molecule has 1 saturated carbocycles. The zero-order valence-electron chi connectivity index (χ0n) is 17.1. The lowest BCUT2D eigenvalue weighted by atomic mass is 9.90. The molecule has 2 aliphatic heterocycles. The van der Waals surface area contributed by atoms with Crippen molar-refractivity contribution in [2.45, 2.75) is 52.1 Å². The lowest BCUT2D eigenvalue weighted by Gasteiger charge is -2.37. The van der Waals surface area contributed by atoms with Crippen LogP contribution >= 0.6 is 11.8 Å². The third-order valence-corrected chi connectivity index (χ3v) is 6.30. The fourth-order valence-electron chi connectivity index (χ4n) is 3.84. The number of carbonyl (C=O) groups excluding carboxylic acids is 2. The first kappa shape index (κ1) is 19.8. The van der Waals surface area contributed by atoms with Crippen molar-refractivity contribution < 1.29 is 14.3 Å². The zero-order chi connectivity index (χ0) is 20.7. The molecule has 1 N–H and O–H groups in total. The molecule has 3 aliphatic rings. The summed E-state index contributed by atoms with van der Waals surface area (Å²) in [6, 6.07) is 6.15. The van der Waals surface area contributed by atoms with Gasteiger partial charge in [0.1, 0.15) is 0 Å². The minimum absolute atomic E-state index is 0.00544. The number of fused-ring (bicyclic) bond motifs is 1. The second-order valence-electron chi connectivity index (χ2n) is 7.76. The SMILES string of the molecule is COC(=O)C1=C(C)N=C2SC=C(CC(=O)NC3CC3)N2C1c1ccc(C)cc1C. The van der Waals surface area contributed by atoms with Gasteiger partial charge < -0.3 is 15.0 Å². The number of amidine groups is 1. The van der Waals surface area contributed by atoms with E-state index < -0.39 is 5.97 Å². The molecular weight excluding hydrogens is 386 g/mol. The van der Waals surface area contributed by atoms with Crippen molar-refractivity contribution in [2.75, 3.05) is 7.11 Å². The number of nitrogens with one attached hydrogen (secondary N) is 1. The standard InChI is InChI=1S/C22H25N3O3S/c1-12-5-8-17(13(2)9-12)20-19(21(27)28-4)14(3)23-22-25(20)16(11-29-22)10-18(26)24-15-6-7-15/h5,8-9,11,15,20H,6-7,10H2,1-4H3,(H,24,26). The van der Waals surface area contributed by atoms with Crippen molar-refractivity contribution >= 4 is 28.8 Å². The summed E-state index contributed by atoms with van der Waals surface area (Å²) in [4.78, 5) is 31.9. The summed E-state index contributed by atoms with van der Waals surface area (Å²) in [5, 5.41) is 5.80. The van der Waals surface area contributed by atoms with Gasteiger partial charge in [-0.3, -0.25) is 4.79 Å². The average Bonchev–Trinajstić information content (AvgIpc) is 3.40. The Morgan fingerprint density at radius 3 is 2.69 bits per heavy atom. The van der Waals surface area contributed by atoms with Crippen LogP contribution < -0.4 is 5.32 Å². The fraction of sp³-hybridized carbons (Fsp3) is 0.409. The second kappa shape index (κ2) is 7.71. The number of rotatable bonds is 5. The Hall–Kier alpha value is -2.54. The van der Waals surface area contributed by atoms with Crippen LogP contribution in [0.15, 0.2) is 45.6 Å². The smallest absolute Gasteiger partial charge is 0.338 e. The number of benzene rings is 1. The van der Waals surface area contributed by atoms with Gasteiger partial charge in [0.2, 0.25) is 5.91 Å². The molecule has 0 bridgehead atoms. The number of hydrogen-bond donors (Lipinski definition) is 1. The van der Waals surface area contributed by atoms with Gasteiger partial charge in [-0.15, -0.1) is 0 Å². The maximum Gasteiger partial charge on any atom is 0.338 e. The number of amides is 1. The Bertz CT molecular complexity index is 976. The number of allylic oxidation sites excluding steroid dienone is 1. The largest absolute Gasteiger partial charge is 0.466 e. The van der Waals surface area contributed by atoms with Crippen molar-refractivity contribution in [1.82, 2.24) is 10.2 Å². The molecule has 4 rings (SSSR count). The molecule has 1 fully saturated rings. The predicted octanol–water partition coefficient (Wildman–Crippen LogP) is 3.72. The molecule has 1 unspecified atom stereocenters. The van der Waals surface area contributed by atoms with Crippen molar-refractivity contribution in [3.05, 3.63) is 57.3 Å². The van der Waals surface area contributed by atoms with Gasteiger partial charge in [0.25, 0.3) is 0 Å². The first-order chi connectivity index (χ1) is 13.9. The summed E-state index contributed by atoms with van der Waals surface area (Å²) < 4.78 is 5.10. The molecule has 7 heteroatoms. The van der Waals surface area contributed by atoms with Crippen LogP contribution in [0.1, 0.15) is 48.9 Å². The lowest BCUT2D eigenvalue weighted by molar-refractivity contribution is -0.136. The summed E-state index contributed by atoms with van der Waals surface area (Å²) in [6.45, 7) is 5.93. The van der Waals surface area contributed by atoms with E-state index in [9.17, 15) is 9.59 Å². The number of ether oxygens (including phenoxy) is 1. The summed E-state index contributed by atoms with van der Waals surface area (Å²) >= 11 is 1.49. The number of esters is 1. The molecule has 1 aromatic carbocycles. The molecule has 1 aliphatic carbocycles. The highest BCUT2D eigenvalue weighted by molar-refractivity contribution is 8.16. The third kappa shape index (κ3) is 3.83. The summed E-state index contributed by atoms with van der Waals surface area (Å²) in [5.74, 6) is -0.389. The number of carbonyl (C=O) groups is 2. The molecule has 0 spiro atoms. The van der Waals surface area contributed by atoms with Crippen LogP contribution in [0.3, 0.4) is 0 Å². The summed E-state index contributed by atoms with van der Waals surface area (Å²) in [7, 11) is 1.39. The van der Waals surface area contributed by atoms with Crippen LogP contribution in [0.5, 0.6) is 0 Å². The molecule has 2 heterocycles. The van der Waals surface area contributed by atoms with Crippen molar-refractivity contribution in [2.24, 2.45) is 4.99 Å². The van der Waals surface area contributed by atoms with Gasteiger partial charge in [-0.25, -0.2) is 9.79 Å². The first-order valence-corrected chi connectivity index (χ1v) is 10.7. The molecule has 152 valence electrons. The lowest BCUT2D eigenvalue weighted by Crippen LogP contribution is -2.38. The molecule has 1 atom stereocenters. The molecule has 0 saturated heterocycles. The van der Waals surface area contributed by atoms with E-state index in [1.165, 1.54) is 18.9 Å². The number of nitrogens with zero attached hydrogens (tertiary/aromatic N) is 2. The summed E-state index contributed by atoms with van der Waals surface area (Å²) in [6.07, 6.45) is 2.36. The van der Waals surface area contributed by atoms with Crippen molar-refractivity contribution in [3.63, 3.8) is 0 Å². The van der Waals surface area contributed by atoms with Crippen LogP contribution in [-0.4, -0.2) is 35.1 Å². The van der Waals surface area contributed by atoms with Crippen LogP contribution in [0, 0.1) is 13.8 Å². The van der Waals surface area contributed by atoms with E-state index in [1.54, 1.807) is 0 Å². The molecule has 1 amide bonds. The Morgan fingerprint density at radius 1 is 1.28 bits per heavy atom. The third-order valence-electron chi connectivity index (χ3n) is 5.41. The van der Waals surface area contributed by atoms with E-state index in [2.05, 4.69) is 22.4 Å². The van der Waals surface area contributed by atoms with Gasteiger partial charge in [0, 0.05) is 11.7 Å². The molecule has 0 aromatic heterocycles. The van der Waals surface area contributed by atoms with Crippen LogP contribution in [0.2, 0.25) is 0 Å². The number of hydrogen-bond acceptors (Lipinski definition) is 6. The van der Waals surface area contributed by atoms with Gasteiger partial charge in [-0.1, -0.05) is 35.5 Å². The van der Waals surface area contributed by atoms with Gasteiger partial charge in [0.15, 0.2) is 5.17 Å². The van der Waals surface area contributed by atoms with Crippen molar-refractivity contribution in [1.29, 1.82) is 0 Å². The topological polar surface area (TPSA) is 71.0 Å². The van der Waals surface area contributed by atoms with E-state index >= 15 is 0 Å². The average molecular weight is 412 g/mol. The van der Waals surface area contributed by atoms with Gasteiger partial charge >= 0.3 is 5.97 Å². The van der Waals surface area contributed by atoms with Gasteiger partial charge in [-0.2, -0.15) is 0 Å². The van der Waals surface area contributed by atoms with E-state index in [-0.39, 0.29) is 18.4 Å². The maximum absolute atomic E-state index is 12.7. The molecule has 1 aromatic rings. The first-order valence-electron chi connectivity index (χ1n) is 9.78. The van der Waals surface area contributed by atoms with Crippen molar-refractivity contribution in [3.8, 4) is 0 Å². The van der Waals surface area contributed by atoms with E-state index in [1.807, 2.05) is 37.1 Å². The van der Waals surface area contributed by atoms with E-state index in [0.29, 0.717) is 17.3 Å². The normalized spacial score (nSPS) is 20.8. The summed E-state index contributed by atoms with van der Waals surface area (Å²) in [5.41, 5.74) is 5.28. The highest BCUT2D eigenvalue weighted by Crippen LogP contribution is 2.45. The molecule has 29 heavy (non-hydrogen) atoms. The minimum Gasteiger partial charge on any atom is -0.466 e.